The van der Waals surface area contributed by atoms with Crippen LogP contribution in [0.5, 0.6) is 0 Å². The lowest BCUT2D eigenvalue weighted by Crippen LogP contribution is -2.24. The molecule has 0 radical (unpaired) electrons. The van der Waals surface area contributed by atoms with Crippen LogP contribution in [0.25, 0.3) is 0 Å². The average molecular weight is 342 g/mol. The van der Waals surface area contributed by atoms with Gasteiger partial charge in [0.1, 0.15) is 0 Å². The average Bonchev–Trinajstić information content (AvgIpc) is 2.76. The molecule has 0 saturated carbocycles. The zero-order chi connectivity index (χ0) is 13.0. The van der Waals surface area contributed by atoms with E-state index in [9.17, 15) is 4.79 Å². The molecule has 18 heavy (non-hydrogen) atoms. The van der Waals surface area contributed by atoms with Gasteiger partial charge in [0.05, 0.1) is 16.8 Å². The summed E-state index contributed by atoms with van der Waals surface area (Å²) >= 11 is 9.24. The molecule has 1 amide bonds. The first kappa shape index (κ1) is 13.6. The molecular formula is C13H12BrNOS2. The molecule has 2 aromatic rings. The number of carbonyl (C=O) groups is 1. The van der Waals surface area contributed by atoms with Crippen LogP contribution in [0.3, 0.4) is 0 Å². The van der Waals surface area contributed by atoms with Crippen molar-refractivity contribution in [3.63, 3.8) is 0 Å². The molecule has 5 heteroatoms. The summed E-state index contributed by atoms with van der Waals surface area (Å²) in [4.78, 5) is 13.8. The Morgan fingerprint density at radius 2 is 1.94 bits per heavy atom. The second-order valence-electron chi connectivity index (χ2n) is 3.83. The number of benzene rings is 1. The van der Waals surface area contributed by atoms with E-state index >= 15 is 0 Å². The molecule has 0 aliphatic heterocycles. The Labute approximate surface area is 124 Å². The molecule has 2 rings (SSSR count). The molecule has 0 bridgehead atoms. The maximum atomic E-state index is 11.7. The van der Waals surface area contributed by atoms with Gasteiger partial charge in [0.15, 0.2) is 0 Å². The van der Waals surface area contributed by atoms with Crippen molar-refractivity contribution in [3.05, 3.63) is 50.6 Å². The number of hydrogen-bond acceptors (Lipinski definition) is 3. The third kappa shape index (κ3) is 4.15. The second-order valence-corrected chi connectivity index (χ2v) is 6.89. The number of rotatable bonds is 4. The van der Waals surface area contributed by atoms with Crippen LogP contribution in [-0.4, -0.2) is 5.91 Å². The van der Waals surface area contributed by atoms with Gasteiger partial charge in [-0.3, -0.25) is 4.79 Å². The van der Waals surface area contributed by atoms with E-state index in [0.717, 1.165) is 19.1 Å². The Hall–Kier alpha value is -0.780. The van der Waals surface area contributed by atoms with Crippen LogP contribution in [0.2, 0.25) is 0 Å². The summed E-state index contributed by atoms with van der Waals surface area (Å²) in [5, 5.41) is 2.91. The van der Waals surface area contributed by atoms with Crippen LogP contribution < -0.4 is 5.32 Å². The predicted molar refractivity (Wildman–Crippen MR) is 81.3 cm³/mol. The smallest absolute Gasteiger partial charge is 0.224 e. The molecule has 0 atom stereocenters. The SMILES string of the molecule is O=C(Cc1ccc(S)cc1)NCc1ccc(Br)s1. The van der Waals surface area contributed by atoms with Gasteiger partial charge in [-0.1, -0.05) is 12.1 Å². The third-order valence-electron chi connectivity index (χ3n) is 2.39. The fourth-order valence-corrected chi connectivity index (χ4v) is 3.07. The normalized spacial score (nSPS) is 10.3. The Morgan fingerprint density at radius 1 is 1.22 bits per heavy atom. The third-order valence-corrected chi connectivity index (χ3v) is 4.31. The van der Waals surface area contributed by atoms with Gasteiger partial charge in [-0.15, -0.1) is 24.0 Å². The van der Waals surface area contributed by atoms with Crippen molar-refractivity contribution >= 4 is 45.8 Å². The summed E-state index contributed by atoms with van der Waals surface area (Å²) < 4.78 is 1.08. The van der Waals surface area contributed by atoms with Crippen molar-refractivity contribution in [1.29, 1.82) is 0 Å². The number of halogens is 1. The topological polar surface area (TPSA) is 29.1 Å². The van der Waals surface area contributed by atoms with Crippen LogP contribution in [0, 0.1) is 0 Å². The van der Waals surface area contributed by atoms with Crippen molar-refractivity contribution in [1.82, 2.24) is 5.32 Å². The van der Waals surface area contributed by atoms with Crippen LogP contribution in [0.1, 0.15) is 10.4 Å². The molecule has 2 nitrogen and oxygen atoms in total. The fourth-order valence-electron chi connectivity index (χ4n) is 1.49. The van der Waals surface area contributed by atoms with Gasteiger partial charge >= 0.3 is 0 Å². The monoisotopic (exact) mass is 341 g/mol. The minimum Gasteiger partial charge on any atom is -0.351 e. The number of amides is 1. The summed E-state index contributed by atoms with van der Waals surface area (Å²) in [7, 11) is 0. The van der Waals surface area contributed by atoms with E-state index in [2.05, 4.69) is 33.9 Å². The fraction of sp³-hybridized carbons (Fsp3) is 0.154. The maximum absolute atomic E-state index is 11.7. The number of thiophene rings is 1. The van der Waals surface area contributed by atoms with Gasteiger partial charge in [0, 0.05) is 9.77 Å². The van der Waals surface area contributed by atoms with Gasteiger partial charge in [-0.05, 0) is 45.8 Å². The summed E-state index contributed by atoms with van der Waals surface area (Å²) in [6.45, 7) is 0.583. The molecule has 0 fully saturated rings. The number of hydrogen-bond donors (Lipinski definition) is 2. The Morgan fingerprint density at radius 3 is 2.56 bits per heavy atom. The zero-order valence-corrected chi connectivity index (χ0v) is 12.8. The maximum Gasteiger partial charge on any atom is 0.224 e. The lowest BCUT2D eigenvalue weighted by Gasteiger charge is -2.04. The molecule has 94 valence electrons. The molecular weight excluding hydrogens is 330 g/mol. The minimum atomic E-state index is 0.0337. The highest BCUT2D eigenvalue weighted by atomic mass is 79.9. The standard InChI is InChI=1S/C13H12BrNOS2/c14-12-6-5-11(18-12)8-15-13(16)7-9-1-3-10(17)4-2-9/h1-6,17H,7-8H2,(H,15,16). The van der Waals surface area contributed by atoms with Crippen LogP contribution >= 0.6 is 39.9 Å². The van der Waals surface area contributed by atoms with Gasteiger partial charge < -0.3 is 5.32 Å². The second kappa shape index (κ2) is 6.41. The highest BCUT2D eigenvalue weighted by Gasteiger charge is 2.04. The summed E-state index contributed by atoms with van der Waals surface area (Å²) in [5.41, 5.74) is 0.998. The quantitative estimate of drug-likeness (QED) is 0.816. The highest BCUT2D eigenvalue weighted by molar-refractivity contribution is 9.11. The van der Waals surface area contributed by atoms with Gasteiger partial charge in [-0.25, -0.2) is 0 Å². The first-order valence-corrected chi connectivity index (χ1v) is 7.48. The molecule has 0 unspecified atom stereocenters. The first-order chi connectivity index (χ1) is 8.63. The molecule has 0 spiro atoms. The molecule has 1 N–H and O–H groups in total. The Kier molecular flexibility index (Phi) is 4.86. The largest absolute Gasteiger partial charge is 0.351 e. The van der Waals surface area contributed by atoms with Crippen molar-refractivity contribution in [3.8, 4) is 0 Å². The van der Waals surface area contributed by atoms with Crippen molar-refractivity contribution in [2.45, 2.75) is 17.9 Å². The lowest BCUT2D eigenvalue weighted by atomic mass is 10.1. The van der Waals surface area contributed by atoms with E-state index in [1.54, 1.807) is 11.3 Å². The Balaban J connectivity index is 1.83. The van der Waals surface area contributed by atoms with E-state index in [-0.39, 0.29) is 5.91 Å². The van der Waals surface area contributed by atoms with E-state index in [1.807, 2.05) is 36.4 Å². The van der Waals surface area contributed by atoms with E-state index < -0.39 is 0 Å². The summed E-state index contributed by atoms with van der Waals surface area (Å²) in [6, 6.07) is 11.6. The van der Waals surface area contributed by atoms with Gasteiger partial charge in [0.25, 0.3) is 0 Å². The van der Waals surface area contributed by atoms with E-state index in [0.29, 0.717) is 13.0 Å². The van der Waals surface area contributed by atoms with Crippen molar-refractivity contribution in [2.24, 2.45) is 0 Å². The summed E-state index contributed by atoms with van der Waals surface area (Å²) in [6.07, 6.45) is 0.403. The van der Waals surface area contributed by atoms with E-state index in [1.165, 1.54) is 0 Å². The molecule has 1 aromatic carbocycles. The molecule has 0 aliphatic carbocycles. The first-order valence-electron chi connectivity index (χ1n) is 5.42. The van der Waals surface area contributed by atoms with Crippen molar-refractivity contribution in [2.75, 3.05) is 0 Å². The van der Waals surface area contributed by atoms with Crippen molar-refractivity contribution < 1.29 is 4.79 Å². The van der Waals surface area contributed by atoms with E-state index in [4.69, 9.17) is 0 Å². The zero-order valence-electron chi connectivity index (χ0n) is 9.52. The molecule has 0 saturated heterocycles. The van der Waals surface area contributed by atoms with Crippen LogP contribution in [0.15, 0.2) is 45.1 Å². The van der Waals surface area contributed by atoms with Crippen LogP contribution in [0.4, 0.5) is 0 Å². The number of thiol groups is 1. The van der Waals surface area contributed by atoms with Gasteiger partial charge in [0.2, 0.25) is 5.91 Å². The lowest BCUT2D eigenvalue weighted by molar-refractivity contribution is -0.120. The predicted octanol–water partition coefficient (Wildman–Crippen LogP) is 3.66. The minimum absolute atomic E-state index is 0.0337. The number of carbonyl (C=O) groups excluding carboxylic acids is 1. The summed E-state index contributed by atoms with van der Waals surface area (Å²) in [5.74, 6) is 0.0337. The number of nitrogens with one attached hydrogen (secondary N) is 1. The highest BCUT2D eigenvalue weighted by Crippen LogP contribution is 2.21. The van der Waals surface area contributed by atoms with Gasteiger partial charge in [-0.2, -0.15) is 0 Å². The Bertz CT molecular complexity index is 536. The molecule has 1 aromatic heterocycles. The molecule has 0 aliphatic rings. The molecule has 1 heterocycles. The van der Waals surface area contributed by atoms with Crippen LogP contribution in [-0.2, 0) is 17.8 Å².